The maximum atomic E-state index is 6.36. The van der Waals surface area contributed by atoms with E-state index in [-0.39, 0.29) is 11.6 Å². The van der Waals surface area contributed by atoms with Gasteiger partial charge >= 0.3 is 0 Å². The molecule has 2 aliphatic heterocycles. The van der Waals surface area contributed by atoms with Gasteiger partial charge in [0, 0.05) is 34.9 Å². The van der Waals surface area contributed by atoms with Crippen LogP contribution < -0.4 is 5.32 Å². The second-order valence-corrected chi connectivity index (χ2v) is 8.22. The molecule has 0 saturated carbocycles. The van der Waals surface area contributed by atoms with Gasteiger partial charge in [0.15, 0.2) is 0 Å². The van der Waals surface area contributed by atoms with Crippen LogP contribution >= 0.6 is 22.9 Å². The fourth-order valence-corrected chi connectivity index (χ4v) is 5.42. The SMILES string of the molecule is C[C@H]1C[C@@]2(CC[C@@H](c3cncnc3)N1)OCCc1cc(Cl)sc12. The van der Waals surface area contributed by atoms with Crippen molar-refractivity contribution in [2.24, 2.45) is 0 Å². The highest BCUT2D eigenvalue weighted by Crippen LogP contribution is 2.48. The summed E-state index contributed by atoms with van der Waals surface area (Å²) >= 11 is 7.98. The molecule has 1 spiro atoms. The molecule has 2 aromatic rings. The minimum atomic E-state index is -0.192. The first-order valence-electron chi connectivity index (χ1n) is 8.10. The Hall–Kier alpha value is -1.01. The van der Waals surface area contributed by atoms with E-state index in [1.807, 2.05) is 12.4 Å². The zero-order chi connectivity index (χ0) is 15.9. The first-order chi connectivity index (χ1) is 11.2. The summed E-state index contributed by atoms with van der Waals surface area (Å²) in [6, 6.07) is 2.75. The van der Waals surface area contributed by atoms with Gasteiger partial charge in [-0.05, 0) is 44.2 Å². The van der Waals surface area contributed by atoms with Crippen LogP contribution in [0.2, 0.25) is 4.34 Å². The minimum absolute atomic E-state index is 0.192. The second kappa shape index (κ2) is 6.13. The largest absolute Gasteiger partial charge is 0.369 e. The van der Waals surface area contributed by atoms with Gasteiger partial charge in [0.25, 0.3) is 0 Å². The van der Waals surface area contributed by atoms with Crippen LogP contribution in [0.5, 0.6) is 0 Å². The Labute approximate surface area is 145 Å². The Morgan fingerprint density at radius 1 is 1.39 bits per heavy atom. The zero-order valence-electron chi connectivity index (χ0n) is 13.1. The minimum Gasteiger partial charge on any atom is -0.369 e. The molecular formula is C17H20ClN3OS. The topological polar surface area (TPSA) is 47.0 Å². The van der Waals surface area contributed by atoms with Gasteiger partial charge in [-0.1, -0.05) is 11.6 Å². The quantitative estimate of drug-likeness (QED) is 0.849. The van der Waals surface area contributed by atoms with Crippen LogP contribution in [0.1, 0.15) is 48.2 Å². The second-order valence-electron chi connectivity index (χ2n) is 6.53. The van der Waals surface area contributed by atoms with Gasteiger partial charge in [-0.3, -0.25) is 0 Å². The highest BCUT2D eigenvalue weighted by Gasteiger charge is 2.43. The Morgan fingerprint density at radius 3 is 3.04 bits per heavy atom. The lowest BCUT2D eigenvalue weighted by Crippen LogP contribution is -2.38. The number of rotatable bonds is 1. The van der Waals surface area contributed by atoms with E-state index < -0.39 is 0 Å². The fourth-order valence-electron chi connectivity index (χ4n) is 3.94. The van der Waals surface area contributed by atoms with Crippen LogP contribution in [0.3, 0.4) is 0 Å². The third-order valence-corrected chi connectivity index (χ3v) is 6.38. The van der Waals surface area contributed by atoms with Crippen LogP contribution in [-0.2, 0) is 16.8 Å². The molecule has 2 aliphatic rings. The normalized spacial score (nSPS) is 30.9. The molecule has 1 fully saturated rings. The van der Waals surface area contributed by atoms with E-state index in [0.717, 1.165) is 42.2 Å². The summed E-state index contributed by atoms with van der Waals surface area (Å²) in [6.45, 7) is 3.02. The van der Waals surface area contributed by atoms with Crippen LogP contribution in [-0.4, -0.2) is 22.6 Å². The molecule has 0 unspecified atom stereocenters. The summed E-state index contributed by atoms with van der Waals surface area (Å²) in [5.41, 5.74) is 2.33. The Balaban J connectivity index is 1.65. The maximum absolute atomic E-state index is 6.36. The van der Waals surface area contributed by atoms with Gasteiger partial charge in [-0.15, -0.1) is 11.3 Å². The third kappa shape index (κ3) is 2.91. The van der Waals surface area contributed by atoms with Crippen LogP contribution in [0.4, 0.5) is 0 Å². The molecule has 3 atom stereocenters. The number of thiophene rings is 1. The molecule has 1 saturated heterocycles. The number of nitrogens with zero attached hydrogens (tertiary/aromatic N) is 2. The number of nitrogens with one attached hydrogen (secondary N) is 1. The highest BCUT2D eigenvalue weighted by molar-refractivity contribution is 7.16. The van der Waals surface area contributed by atoms with E-state index in [4.69, 9.17) is 16.3 Å². The number of halogens is 1. The number of fused-ring (bicyclic) bond motifs is 2. The van der Waals surface area contributed by atoms with E-state index in [2.05, 4.69) is 28.3 Å². The molecule has 4 rings (SSSR count). The van der Waals surface area contributed by atoms with Crippen LogP contribution in [0.15, 0.2) is 24.8 Å². The van der Waals surface area contributed by atoms with Gasteiger partial charge in [0.05, 0.1) is 10.9 Å². The molecule has 4 heterocycles. The van der Waals surface area contributed by atoms with Crippen LogP contribution in [0.25, 0.3) is 0 Å². The molecule has 0 bridgehead atoms. The summed E-state index contributed by atoms with van der Waals surface area (Å²) in [5, 5.41) is 3.72. The number of hydrogen-bond donors (Lipinski definition) is 1. The predicted octanol–water partition coefficient (Wildman–Crippen LogP) is 3.86. The van der Waals surface area contributed by atoms with Gasteiger partial charge < -0.3 is 10.1 Å². The molecule has 0 amide bonds. The molecule has 2 aromatic heterocycles. The molecular weight excluding hydrogens is 330 g/mol. The summed E-state index contributed by atoms with van der Waals surface area (Å²) in [6.07, 6.45) is 9.34. The smallest absolute Gasteiger partial charge is 0.115 e. The van der Waals surface area contributed by atoms with E-state index in [1.165, 1.54) is 10.4 Å². The van der Waals surface area contributed by atoms with Gasteiger partial charge in [0.2, 0.25) is 0 Å². The lowest BCUT2D eigenvalue weighted by atomic mass is 9.85. The number of hydrogen-bond acceptors (Lipinski definition) is 5. The van der Waals surface area contributed by atoms with Crippen molar-refractivity contribution in [2.75, 3.05) is 6.61 Å². The van der Waals surface area contributed by atoms with Crippen molar-refractivity contribution in [2.45, 2.75) is 50.3 Å². The van der Waals surface area contributed by atoms with E-state index in [0.29, 0.717) is 6.04 Å². The summed E-state index contributed by atoms with van der Waals surface area (Å²) in [7, 11) is 0. The molecule has 23 heavy (non-hydrogen) atoms. The van der Waals surface area contributed by atoms with Crippen molar-refractivity contribution in [1.29, 1.82) is 0 Å². The van der Waals surface area contributed by atoms with E-state index >= 15 is 0 Å². The van der Waals surface area contributed by atoms with Crippen molar-refractivity contribution >= 4 is 22.9 Å². The van der Waals surface area contributed by atoms with Crippen molar-refractivity contribution < 1.29 is 4.74 Å². The maximum Gasteiger partial charge on any atom is 0.115 e. The summed E-state index contributed by atoms with van der Waals surface area (Å²) < 4.78 is 7.23. The van der Waals surface area contributed by atoms with Crippen molar-refractivity contribution in [3.8, 4) is 0 Å². The van der Waals surface area contributed by atoms with Crippen LogP contribution in [0, 0.1) is 0 Å². The predicted molar refractivity (Wildman–Crippen MR) is 91.9 cm³/mol. The van der Waals surface area contributed by atoms with E-state index in [1.54, 1.807) is 17.7 Å². The molecule has 4 nitrogen and oxygen atoms in total. The highest BCUT2D eigenvalue weighted by atomic mass is 35.5. The Morgan fingerprint density at radius 2 is 2.22 bits per heavy atom. The van der Waals surface area contributed by atoms with Gasteiger partial charge in [0.1, 0.15) is 11.9 Å². The summed E-state index contributed by atoms with van der Waals surface area (Å²) in [4.78, 5) is 9.66. The average Bonchev–Trinajstić information content (AvgIpc) is 2.85. The molecule has 1 N–H and O–H groups in total. The molecule has 0 aromatic carbocycles. The molecule has 6 heteroatoms. The monoisotopic (exact) mass is 349 g/mol. The van der Waals surface area contributed by atoms with Crippen molar-refractivity contribution in [3.05, 3.63) is 45.1 Å². The zero-order valence-corrected chi connectivity index (χ0v) is 14.7. The summed E-state index contributed by atoms with van der Waals surface area (Å²) in [5.74, 6) is 0. The first kappa shape index (κ1) is 15.5. The lowest BCUT2D eigenvalue weighted by molar-refractivity contribution is -0.0704. The molecule has 0 aliphatic carbocycles. The van der Waals surface area contributed by atoms with Gasteiger partial charge in [-0.25, -0.2) is 9.97 Å². The van der Waals surface area contributed by atoms with Crippen molar-refractivity contribution in [3.63, 3.8) is 0 Å². The first-order valence-corrected chi connectivity index (χ1v) is 9.29. The standard InChI is InChI=1S/C17H20ClN3OS/c1-11-7-17(16-12(3-5-22-17)6-15(18)23-16)4-2-14(21-11)13-8-19-10-20-9-13/h6,8-11,14,21H,2-5,7H2,1H3/t11-,14-,17+/m0/s1. The van der Waals surface area contributed by atoms with Crippen molar-refractivity contribution in [1.82, 2.24) is 15.3 Å². The fraction of sp³-hybridized carbons (Fsp3) is 0.529. The molecule has 122 valence electrons. The lowest BCUT2D eigenvalue weighted by Gasteiger charge is -2.37. The van der Waals surface area contributed by atoms with Gasteiger partial charge in [-0.2, -0.15) is 0 Å². The number of ether oxygens (including phenoxy) is 1. The van der Waals surface area contributed by atoms with E-state index in [9.17, 15) is 0 Å². The number of aromatic nitrogens is 2. The third-order valence-electron chi connectivity index (χ3n) is 4.88. The Kier molecular flexibility index (Phi) is 4.13. The average molecular weight is 350 g/mol. The molecule has 0 radical (unpaired) electrons. The Bertz CT molecular complexity index is 692.